The van der Waals surface area contributed by atoms with Crippen LogP contribution in [0.25, 0.3) is 55.3 Å². The first-order valence-corrected chi connectivity index (χ1v) is 14.8. The fourth-order valence-corrected chi connectivity index (χ4v) is 5.96. The van der Waals surface area contributed by atoms with Crippen LogP contribution in [0.1, 0.15) is 0 Å². The Morgan fingerprint density at radius 2 is 0.977 bits per heavy atom. The fraction of sp³-hybridized carbons (Fsp3) is 0. The molecule has 208 valence electrons. The van der Waals surface area contributed by atoms with Crippen molar-refractivity contribution in [3.05, 3.63) is 170 Å². The maximum Gasteiger partial charge on any atom is 0.153 e. The van der Waals surface area contributed by atoms with Gasteiger partial charge in [-0.3, -0.25) is 4.90 Å². The molecule has 2 aromatic heterocycles. The molecule has 0 spiro atoms. The Bertz CT molecular complexity index is 2200. The lowest BCUT2D eigenvalue weighted by Crippen LogP contribution is -2.12. The van der Waals surface area contributed by atoms with E-state index in [2.05, 4.69) is 144 Å². The third-order valence-electron chi connectivity index (χ3n) is 8.16. The maximum absolute atomic E-state index is 6.11. The van der Waals surface area contributed by atoms with Gasteiger partial charge in [0.25, 0.3) is 0 Å². The lowest BCUT2D eigenvalue weighted by molar-refractivity contribution is 0.667. The van der Waals surface area contributed by atoms with Crippen LogP contribution in [0.5, 0.6) is 0 Å². The number of aromatic nitrogens is 1. The van der Waals surface area contributed by atoms with Crippen molar-refractivity contribution < 1.29 is 4.42 Å². The van der Waals surface area contributed by atoms with Gasteiger partial charge in [-0.05, 0) is 58.1 Å². The lowest BCUT2D eigenvalue weighted by atomic mass is 9.99. The first kappa shape index (κ1) is 25.8. The molecule has 3 nitrogen and oxygen atoms in total. The van der Waals surface area contributed by atoms with Crippen LogP contribution in [-0.2, 0) is 0 Å². The number of pyridine rings is 1. The molecule has 44 heavy (non-hydrogen) atoms. The zero-order valence-corrected chi connectivity index (χ0v) is 24.0. The summed E-state index contributed by atoms with van der Waals surface area (Å²) in [6.07, 6.45) is 1.84. The highest BCUT2D eigenvalue weighted by atomic mass is 16.3. The van der Waals surface area contributed by atoms with Gasteiger partial charge in [-0.2, -0.15) is 0 Å². The molecule has 2 heterocycles. The SMILES string of the molecule is c1ccc(-c2ccc(-c3ccc(N(c4cc5c(cn4)oc4ccccc45)c4ccccc4-c4ccccc4)cc3)cc2)cc1. The summed E-state index contributed by atoms with van der Waals surface area (Å²) in [6, 6.07) is 57.3. The molecule has 0 aliphatic rings. The van der Waals surface area contributed by atoms with Crippen molar-refractivity contribution in [1.82, 2.24) is 4.98 Å². The fourth-order valence-electron chi connectivity index (χ4n) is 5.96. The van der Waals surface area contributed by atoms with Crippen LogP contribution in [-0.4, -0.2) is 4.98 Å². The zero-order chi connectivity index (χ0) is 29.3. The van der Waals surface area contributed by atoms with E-state index in [-0.39, 0.29) is 0 Å². The quantitative estimate of drug-likeness (QED) is 0.201. The van der Waals surface area contributed by atoms with Crippen LogP contribution in [0, 0.1) is 0 Å². The largest absolute Gasteiger partial charge is 0.454 e. The number of hydrogen-bond donors (Lipinski definition) is 0. The van der Waals surface area contributed by atoms with Gasteiger partial charge in [0.15, 0.2) is 5.58 Å². The number of para-hydroxylation sites is 2. The lowest BCUT2D eigenvalue weighted by Gasteiger charge is -2.27. The van der Waals surface area contributed by atoms with Gasteiger partial charge in [-0.25, -0.2) is 4.98 Å². The van der Waals surface area contributed by atoms with Gasteiger partial charge in [0.1, 0.15) is 11.4 Å². The molecule has 0 bridgehead atoms. The Balaban J connectivity index is 1.24. The van der Waals surface area contributed by atoms with Crippen molar-refractivity contribution >= 4 is 39.1 Å². The van der Waals surface area contributed by atoms with Crippen LogP contribution in [0.3, 0.4) is 0 Å². The second kappa shape index (κ2) is 11.0. The van der Waals surface area contributed by atoms with E-state index in [1.807, 2.05) is 30.5 Å². The predicted molar refractivity (Wildman–Crippen MR) is 183 cm³/mol. The normalized spacial score (nSPS) is 11.2. The highest BCUT2D eigenvalue weighted by Gasteiger charge is 2.20. The van der Waals surface area contributed by atoms with Gasteiger partial charge in [0.05, 0.1) is 11.9 Å². The second-order valence-electron chi connectivity index (χ2n) is 10.8. The minimum Gasteiger partial charge on any atom is -0.454 e. The number of benzene rings is 6. The summed E-state index contributed by atoms with van der Waals surface area (Å²) in [6.45, 7) is 0. The summed E-state index contributed by atoms with van der Waals surface area (Å²) in [5.74, 6) is 0.826. The summed E-state index contributed by atoms with van der Waals surface area (Å²) < 4.78 is 6.11. The number of nitrogens with zero attached hydrogens (tertiary/aromatic N) is 2. The molecule has 0 saturated carbocycles. The maximum atomic E-state index is 6.11. The monoisotopic (exact) mass is 564 g/mol. The van der Waals surface area contributed by atoms with Crippen LogP contribution in [0.15, 0.2) is 174 Å². The third kappa shape index (κ3) is 4.71. The van der Waals surface area contributed by atoms with E-state index >= 15 is 0 Å². The summed E-state index contributed by atoms with van der Waals surface area (Å²) in [4.78, 5) is 7.18. The Kier molecular flexibility index (Phi) is 6.47. The minimum atomic E-state index is 0.778. The van der Waals surface area contributed by atoms with E-state index in [1.54, 1.807) is 0 Å². The number of anilines is 3. The van der Waals surface area contributed by atoms with Crippen molar-refractivity contribution in [1.29, 1.82) is 0 Å². The van der Waals surface area contributed by atoms with E-state index < -0.39 is 0 Å². The number of fused-ring (bicyclic) bond motifs is 3. The van der Waals surface area contributed by atoms with Gasteiger partial charge in [0, 0.05) is 22.0 Å². The number of rotatable bonds is 6. The molecule has 0 unspecified atom stereocenters. The molecular weight excluding hydrogens is 536 g/mol. The molecule has 0 aliphatic heterocycles. The molecule has 0 radical (unpaired) electrons. The molecule has 8 rings (SSSR count). The van der Waals surface area contributed by atoms with E-state index in [4.69, 9.17) is 9.40 Å². The topological polar surface area (TPSA) is 29.3 Å². The van der Waals surface area contributed by atoms with Crippen LogP contribution in [0.4, 0.5) is 17.2 Å². The molecule has 0 atom stereocenters. The molecule has 0 aliphatic carbocycles. The van der Waals surface area contributed by atoms with Crippen LogP contribution < -0.4 is 4.90 Å². The van der Waals surface area contributed by atoms with E-state index in [0.717, 1.165) is 55.8 Å². The average Bonchev–Trinajstić information content (AvgIpc) is 3.48. The van der Waals surface area contributed by atoms with E-state index in [9.17, 15) is 0 Å². The van der Waals surface area contributed by atoms with Crippen molar-refractivity contribution in [2.24, 2.45) is 0 Å². The number of furan rings is 1. The summed E-state index contributed by atoms with van der Waals surface area (Å²) in [5.41, 5.74) is 10.8. The van der Waals surface area contributed by atoms with Crippen molar-refractivity contribution in [2.45, 2.75) is 0 Å². The summed E-state index contributed by atoms with van der Waals surface area (Å²) in [7, 11) is 0. The van der Waals surface area contributed by atoms with Gasteiger partial charge < -0.3 is 4.42 Å². The zero-order valence-electron chi connectivity index (χ0n) is 24.0. The number of hydrogen-bond acceptors (Lipinski definition) is 3. The predicted octanol–water partition coefficient (Wildman–Crippen LogP) is 11.5. The molecule has 6 aromatic carbocycles. The minimum absolute atomic E-state index is 0.778. The smallest absolute Gasteiger partial charge is 0.153 e. The Morgan fingerprint density at radius 1 is 0.432 bits per heavy atom. The van der Waals surface area contributed by atoms with Crippen molar-refractivity contribution in [3.8, 4) is 33.4 Å². The highest BCUT2D eigenvalue weighted by Crippen LogP contribution is 2.42. The summed E-state index contributed by atoms with van der Waals surface area (Å²) in [5, 5.41) is 2.12. The van der Waals surface area contributed by atoms with E-state index in [1.165, 1.54) is 16.7 Å². The summed E-state index contributed by atoms with van der Waals surface area (Å²) >= 11 is 0. The van der Waals surface area contributed by atoms with Gasteiger partial charge >= 0.3 is 0 Å². The molecule has 0 N–H and O–H groups in total. The van der Waals surface area contributed by atoms with Gasteiger partial charge in [0.2, 0.25) is 0 Å². The van der Waals surface area contributed by atoms with Gasteiger partial charge in [-0.15, -0.1) is 0 Å². The van der Waals surface area contributed by atoms with Crippen LogP contribution >= 0.6 is 0 Å². The second-order valence-corrected chi connectivity index (χ2v) is 10.8. The Labute approximate surface area is 256 Å². The Morgan fingerprint density at radius 3 is 1.68 bits per heavy atom. The average molecular weight is 565 g/mol. The van der Waals surface area contributed by atoms with E-state index in [0.29, 0.717) is 0 Å². The molecular formula is C41H28N2O. The highest BCUT2D eigenvalue weighted by molar-refractivity contribution is 6.06. The van der Waals surface area contributed by atoms with Gasteiger partial charge in [-0.1, -0.05) is 133 Å². The molecule has 0 saturated heterocycles. The molecule has 0 fully saturated rings. The standard InChI is InChI=1S/C41H28N2O/c1-3-11-29(12-4-1)30-19-21-31(22-20-30)32-23-25-34(26-24-32)43(38-17-9-7-15-35(38)33-13-5-2-6-14-33)41-27-37-36-16-8-10-18-39(36)44-40(37)28-42-41/h1-28H. The molecule has 3 heteroatoms. The first-order chi connectivity index (χ1) is 21.8. The van der Waals surface area contributed by atoms with Crippen molar-refractivity contribution in [2.75, 3.05) is 4.90 Å². The third-order valence-corrected chi connectivity index (χ3v) is 8.16. The molecule has 8 aromatic rings. The Hall–Kier alpha value is -5.93. The molecule has 0 amide bonds. The first-order valence-electron chi connectivity index (χ1n) is 14.8. The van der Waals surface area contributed by atoms with Crippen molar-refractivity contribution in [3.63, 3.8) is 0 Å². The van der Waals surface area contributed by atoms with Crippen LogP contribution in [0.2, 0.25) is 0 Å².